The lowest BCUT2D eigenvalue weighted by Gasteiger charge is -2.38. The summed E-state index contributed by atoms with van der Waals surface area (Å²) in [6.45, 7) is 10.6. The van der Waals surface area contributed by atoms with Gasteiger partial charge in [0.1, 0.15) is 0 Å². The zero-order valence-electron chi connectivity index (χ0n) is 9.56. The first-order valence-electron chi connectivity index (χ1n) is 5.33. The van der Waals surface area contributed by atoms with Crippen LogP contribution < -0.4 is 5.32 Å². The molecule has 0 bridgehead atoms. The van der Waals surface area contributed by atoms with Crippen molar-refractivity contribution in [1.82, 2.24) is 10.2 Å². The molecule has 1 aliphatic rings. The molecule has 1 saturated heterocycles. The molecule has 0 aromatic carbocycles. The molecular weight excluding hydrogens is 188 g/mol. The van der Waals surface area contributed by atoms with Gasteiger partial charge in [-0.15, -0.1) is 0 Å². The number of rotatable bonds is 4. The normalized spacial score (nSPS) is 28.9. The largest absolute Gasteiger partial charge is 0.314 e. The molecule has 0 aromatic rings. The van der Waals surface area contributed by atoms with Gasteiger partial charge in [-0.05, 0) is 26.6 Å². The van der Waals surface area contributed by atoms with Crippen molar-refractivity contribution >= 4 is 12.9 Å². The average molecular weight is 208 g/mol. The molecule has 1 aliphatic heterocycles. The van der Waals surface area contributed by atoms with Crippen LogP contribution in [0.25, 0.3) is 0 Å². The number of hydrogen-bond acceptors (Lipinski definition) is 4. The lowest BCUT2D eigenvalue weighted by Crippen LogP contribution is -2.54. The molecule has 15 heavy (non-hydrogen) atoms. The van der Waals surface area contributed by atoms with Crippen LogP contribution in [0.4, 0.5) is 0 Å². The summed E-state index contributed by atoms with van der Waals surface area (Å²) in [5.74, 6) is 0. The molecule has 2 unspecified atom stereocenters. The Bertz CT molecular complexity index is 237. The summed E-state index contributed by atoms with van der Waals surface area (Å²) in [5.41, 5.74) is 0. The summed E-state index contributed by atoms with van der Waals surface area (Å²) in [7, 11) is 0. The summed E-state index contributed by atoms with van der Waals surface area (Å²) < 4.78 is 0. The topological polar surface area (TPSA) is 40.0 Å². The van der Waals surface area contributed by atoms with Crippen molar-refractivity contribution in [2.45, 2.75) is 25.9 Å². The second-order valence-electron chi connectivity index (χ2n) is 3.87. The van der Waals surface area contributed by atoms with Gasteiger partial charge in [0, 0.05) is 37.6 Å². The minimum Gasteiger partial charge on any atom is -0.314 e. The maximum absolute atomic E-state index is 4.33. The number of aliphatic imine (C=N–C) groups is 2. The standard InChI is InChI=1S/C11H20N4/c1-10-7-14-8-11(2)15(10)9-13-6-4-5-12-3/h4-6,10-11,14H,3,7-9H2,1-2H3/b5-4-,13-6-. The molecule has 1 rings (SSSR count). The van der Waals surface area contributed by atoms with Gasteiger partial charge in [-0.1, -0.05) is 0 Å². The molecule has 2 atom stereocenters. The van der Waals surface area contributed by atoms with E-state index >= 15 is 0 Å². The van der Waals surface area contributed by atoms with Crippen LogP contribution in [0.5, 0.6) is 0 Å². The molecule has 0 aliphatic carbocycles. The van der Waals surface area contributed by atoms with Gasteiger partial charge in [0.05, 0.1) is 6.67 Å². The zero-order valence-corrected chi connectivity index (χ0v) is 9.56. The molecule has 0 saturated carbocycles. The first-order valence-corrected chi connectivity index (χ1v) is 5.33. The van der Waals surface area contributed by atoms with Crippen LogP contribution in [0, 0.1) is 0 Å². The summed E-state index contributed by atoms with van der Waals surface area (Å²) in [6, 6.07) is 1.10. The molecule has 0 amide bonds. The Kier molecular flexibility index (Phi) is 5.21. The molecule has 1 heterocycles. The minimum absolute atomic E-state index is 0.549. The van der Waals surface area contributed by atoms with E-state index in [1.807, 2.05) is 0 Å². The molecule has 84 valence electrons. The van der Waals surface area contributed by atoms with Crippen LogP contribution >= 0.6 is 0 Å². The predicted octanol–water partition coefficient (Wildman–Crippen LogP) is 0.911. The lowest BCUT2D eigenvalue weighted by atomic mass is 10.1. The van der Waals surface area contributed by atoms with E-state index in [1.165, 1.54) is 0 Å². The van der Waals surface area contributed by atoms with E-state index in [9.17, 15) is 0 Å². The fourth-order valence-corrected chi connectivity index (χ4v) is 1.75. The highest BCUT2D eigenvalue weighted by Crippen LogP contribution is 2.08. The van der Waals surface area contributed by atoms with Crippen LogP contribution in [-0.4, -0.2) is 49.7 Å². The van der Waals surface area contributed by atoms with Crippen molar-refractivity contribution in [3.8, 4) is 0 Å². The Morgan fingerprint density at radius 3 is 2.67 bits per heavy atom. The average Bonchev–Trinajstić information content (AvgIpc) is 2.21. The van der Waals surface area contributed by atoms with Crippen molar-refractivity contribution in [2.75, 3.05) is 19.8 Å². The Hall–Kier alpha value is -1.00. The van der Waals surface area contributed by atoms with Gasteiger partial charge in [0.25, 0.3) is 0 Å². The van der Waals surface area contributed by atoms with Gasteiger partial charge in [-0.3, -0.25) is 14.9 Å². The number of nitrogens with zero attached hydrogens (tertiary/aromatic N) is 3. The van der Waals surface area contributed by atoms with Crippen molar-refractivity contribution in [3.05, 3.63) is 12.3 Å². The van der Waals surface area contributed by atoms with E-state index in [-0.39, 0.29) is 0 Å². The molecule has 4 nitrogen and oxygen atoms in total. The molecule has 1 fully saturated rings. The molecular formula is C11H20N4. The molecule has 0 radical (unpaired) electrons. The maximum Gasteiger partial charge on any atom is 0.0914 e. The highest BCUT2D eigenvalue weighted by molar-refractivity contribution is 5.70. The third-order valence-electron chi connectivity index (χ3n) is 2.64. The van der Waals surface area contributed by atoms with Gasteiger partial charge < -0.3 is 5.32 Å². The Morgan fingerprint density at radius 2 is 2.07 bits per heavy atom. The van der Waals surface area contributed by atoms with E-state index in [0.717, 1.165) is 19.8 Å². The van der Waals surface area contributed by atoms with Gasteiger partial charge in [0.15, 0.2) is 0 Å². The van der Waals surface area contributed by atoms with E-state index in [0.29, 0.717) is 12.1 Å². The lowest BCUT2D eigenvalue weighted by molar-refractivity contribution is 0.122. The van der Waals surface area contributed by atoms with Crippen LogP contribution in [-0.2, 0) is 0 Å². The Morgan fingerprint density at radius 1 is 1.40 bits per heavy atom. The predicted molar refractivity (Wildman–Crippen MR) is 65.7 cm³/mol. The molecule has 4 heteroatoms. The smallest absolute Gasteiger partial charge is 0.0914 e. The minimum atomic E-state index is 0.549. The fraction of sp³-hybridized carbons (Fsp3) is 0.636. The summed E-state index contributed by atoms with van der Waals surface area (Å²) >= 11 is 0. The quantitative estimate of drug-likeness (QED) is 0.698. The summed E-state index contributed by atoms with van der Waals surface area (Å²) in [6.07, 6.45) is 5.20. The van der Waals surface area contributed by atoms with Crippen LogP contribution in [0.2, 0.25) is 0 Å². The maximum atomic E-state index is 4.33. The second-order valence-corrected chi connectivity index (χ2v) is 3.87. The summed E-state index contributed by atoms with van der Waals surface area (Å²) in [5, 5.41) is 3.39. The van der Waals surface area contributed by atoms with Crippen molar-refractivity contribution < 1.29 is 0 Å². The van der Waals surface area contributed by atoms with Crippen LogP contribution in [0.15, 0.2) is 22.3 Å². The van der Waals surface area contributed by atoms with Crippen molar-refractivity contribution in [2.24, 2.45) is 9.98 Å². The first-order chi connectivity index (χ1) is 7.25. The second kappa shape index (κ2) is 6.48. The third-order valence-corrected chi connectivity index (χ3v) is 2.64. The van der Waals surface area contributed by atoms with E-state index in [1.54, 1.807) is 18.5 Å². The van der Waals surface area contributed by atoms with Gasteiger partial charge in [-0.25, -0.2) is 0 Å². The van der Waals surface area contributed by atoms with Crippen LogP contribution in [0.3, 0.4) is 0 Å². The Labute approximate surface area is 91.8 Å². The third kappa shape index (κ3) is 3.93. The molecule has 1 N–H and O–H groups in total. The SMILES string of the molecule is C=N/C=C\C=N/CN1C(C)CNCC1C. The van der Waals surface area contributed by atoms with Crippen molar-refractivity contribution in [1.29, 1.82) is 0 Å². The van der Waals surface area contributed by atoms with E-state index in [2.05, 4.69) is 40.8 Å². The van der Waals surface area contributed by atoms with Crippen molar-refractivity contribution in [3.63, 3.8) is 0 Å². The molecule has 0 aromatic heterocycles. The Balaban J connectivity index is 2.38. The summed E-state index contributed by atoms with van der Waals surface area (Å²) in [4.78, 5) is 10.3. The van der Waals surface area contributed by atoms with Gasteiger partial charge >= 0.3 is 0 Å². The zero-order chi connectivity index (χ0) is 11.1. The first kappa shape index (κ1) is 12.1. The van der Waals surface area contributed by atoms with E-state index in [4.69, 9.17) is 0 Å². The fourth-order valence-electron chi connectivity index (χ4n) is 1.75. The number of piperazine rings is 1. The molecule has 0 spiro atoms. The highest BCUT2D eigenvalue weighted by Gasteiger charge is 2.23. The van der Waals surface area contributed by atoms with Gasteiger partial charge in [0.2, 0.25) is 0 Å². The highest BCUT2D eigenvalue weighted by atomic mass is 15.3. The number of allylic oxidation sites excluding steroid dienone is 1. The van der Waals surface area contributed by atoms with E-state index < -0.39 is 0 Å². The van der Waals surface area contributed by atoms with Crippen LogP contribution in [0.1, 0.15) is 13.8 Å². The number of hydrogen-bond donors (Lipinski definition) is 1. The number of nitrogens with one attached hydrogen (secondary N) is 1. The van der Waals surface area contributed by atoms with Gasteiger partial charge in [-0.2, -0.15) is 0 Å². The monoisotopic (exact) mass is 208 g/mol.